The summed E-state index contributed by atoms with van der Waals surface area (Å²) in [6.45, 7) is 3.90. The normalized spacial score (nSPS) is 11.5. The second-order valence-electron chi connectivity index (χ2n) is 5.16. The topological polar surface area (TPSA) is 42.2 Å². The molecule has 2 aromatic carbocycles. The van der Waals surface area contributed by atoms with Crippen LogP contribution < -0.4 is 5.32 Å². The highest BCUT2D eigenvalue weighted by Crippen LogP contribution is 2.31. The third kappa shape index (κ3) is 3.51. The Morgan fingerprint density at radius 2 is 1.65 bits per heavy atom. The van der Waals surface area contributed by atoms with Crippen molar-refractivity contribution in [2.24, 2.45) is 4.99 Å². The van der Waals surface area contributed by atoms with Crippen LogP contribution in [-0.2, 0) is 0 Å². The Balaban J connectivity index is 1.98. The summed E-state index contributed by atoms with van der Waals surface area (Å²) >= 11 is 3.59. The number of para-hydroxylation sites is 2. The van der Waals surface area contributed by atoms with Gasteiger partial charge in [0.2, 0.25) is 0 Å². The third-order valence-corrected chi connectivity index (χ3v) is 4.27. The van der Waals surface area contributed by atoms with Gasteiger partial charge in [0.25, 0.3) is 0 Å². The molecule has 0 spiro atoms. The first-order valence-electron chi connectivity index (χ1n) is 7.33. The number of aryl methyl sites for hydroxylation is 1. The average molecular weight is 369 g/mol. The second kappa shape index (κ2) is 6.79. The van der Waals surface area contributed by atoms with Crippen molar-refractivity contribution in [2.75, 3.05) is 5.32 Å². The lowest BCUT2D eigenvalue weighted by molar-refractivity contribution is 0.863. The van der Waals surface area contributed by atoms with E-state index < -0.39 is 0 Å². The average Bonchev–Trinajstić information content (AvgIpc) is 2.85. The Labute approximate surface area is 144 Å². The molecule has 5 heteroatoms. The Morgan fingerprint density at radius 3 is 2.30 bits per heavy atom. The zero-order valence-electron chi connectivity index (χ0n) is 13.0. The fourth-order valence-corrected chi connectivity index (χ4v) is 2.59. The van der Waals surface area contributed by atoms with Crippen molar-refractivity contribution < 1.29 is 0 Å². The highest BCUT2D eigenvalue weighted by molar-refractivity contribution is 9.10. The Kier molecular flexibility index (Phi) is 4.57. The summed E-state index contributed by atoms with van der Waals surface area (Å²) in [6, 6.07) is 20.0. The maximum Gasteiger partial charge on any atom is 0.172 e. The van der Waals surface area contributed by atoms with Crippen molar-refractivity contribution >= 4 is 33.3 Å². The third-order valence-electron chi connectivity index (χ3n) is 3.34. The van der Waals surface area contributed by atoms with Gasteiger partial charge in [-0.1, -0.05) is 36.4 Å². The minimum Gasteiger partial charge on any atom is -0.344 e. The molecule has 0 aliphatic rings. The van der Waals surface area contributed by atoms with Gasteiger partial charge in [-0.25, -0.2) is 9.67 Å². The minimum absolute atomic E-state index is 0.773. The molecule has 0 atom stereocenters. The first-order valence-corrected chi connectivity index (χ1v) is 8.12. The van der Waals surface area contributed by atoms with E-state index in [4.69, 9.17) is 4.99 Å². The predicted octanol–water partition coefficient (Wildman–Crippen LogP) is 5.11. The van der Waals surface area contributed by atoms with Crippen molar-refractivity contribution in [1.82, 2.24) is 9.78 Å². The standard InChI is InChI=1S/C18H17BrN4/c1-13-17(19)18(23(22-13)16-11-7-4-8-12-16)21-14(2)20-15-9-5-3-6-10-15/h3-12H,1-2H3,(H,20,21). The number of nitrogens with one attached hydrogen (secondary N) is 1. The van der Waals surface area contributed by atoms with Gasteiger partial charge in [0.1, 0.15) is 5.84 Å². The van der Waals surface area contributed by atoms with Gasteiger partial charge < -0.3 is 5.32 Å². The number of rotatable bonds is 3. The van der Waals surface area contributed by atoms with Crippen LogP contribution in [0.15, 0.2) is 70.1 Å². The summed E-state index contributed by atoms with van der Waals surface area (Å²) < 4.78 is 2.74. The minimum atomic E-state index is 0.773. The van der Waals surface area contributed by atoms with Crippen LogP contribution in [0.4, 0.5) is 11.5 Å². The van der Waals surface area contributed by atoms with Crippen LogP contribution >= 0.6 is 15.9 Å². The molecule has 116 valence electrons. The van der Waals surface area contributed by atoms with Gasteiger partial charge in [-0.2, -0.15) is 5.10 Å². The number of hydrogen-bond donors (Lipinski definition) is 1. The molecule has 3 aromatic rings. The number of amidine groups is 1. The van der Waals surface area contributed by atoms with E-state index in [2.05, 4.69) is 26.3 Å². The fraction of sp³-hybridized carbons (Fsp3) is 0.111. The van der Waals surface area contributed by atoms with Crippen LogP contribution in [0.5, 0.6) is 0 Å². The van der Waals surface area contributed by atoms with Crippen LogP contribution in [0.3, 0.4) is 0 Å². The van der Waals surface area contributed by atoms with Crippen LogP contribution in [0, 0.1) is 6.92 Å². The second-order valence-corrected chi connectivity index (χ2v) is 5.95. The van der Waals surface area contributed by atoms with E-state index >= 15 is 0 Å². The van der Waals surface area contributed by atoms with Crippen molar-refractivity contribution in [3.63, 3.8) is 0 Å². The smallest absolute Gasteiger partial charge is 0.172 e. The molecular weight excluding hydrogens is 352 g/mol. The number of aliphatic imine (C=N–C) groups is 1. The molecule has 1 N–H and O–H groups in total. The number of nitrogens with zero attached hydrogens (tertiary/aromatic N) is 3. The highest BCUT2D eigenvalue weighted by atomic mass is 79.9. The quantitative estimate of drug-likeness (QED) is 0.515. The molecule has 0 saturated heterocycles. The molecule has 0 aliphatic carbocycles. The van der Waals surface area contributed by atoms with Gasteiger partial charge in [0.15, 0.2) is 5.82 Å². The molecular formula is C18H17BrN4. The SMILES string of the molecule is C/C(=N/c1c(Br)c(C)nn1-c1ccccc1)Nc1ccccc1. The van der Waals surface area contributed by atoms with E-state index in [0.29, 0.717) is 0 Å². The van der Waals surface area contributed by atoms with E-state index in [1.165, 1.54) is 0 Å². The zero-order valence-corrected chi connectivity index (χ0v) is 14.6. The predicted molar refractivity (Wildman–Crippen MR) is 98.8 cm³/mol. The molecule has 0 saturated carbocycles. The first kappa shape index (κ1) is 15.5. The van der Waals surface area contributed by atoms with Crippen LogP contribution in [0.2, 0.25) is 0 Å². The van der Waals surface area contributed by atoms with E-state index in [0.717, 1.165) is 33.2 Å². The molecule has 0 aliphatic heterocycles. The molecule has 0 amide bonds. The maximum absolute atomic E-state index is 4.71. The van der Waals surface area contributed by atoms with Gasteiger partial charge in [-0.05, 0) is 54.0 Å². The lowest BCUT2D eigenvalue weighted by Gasteiger charge is -2.07. The van der Waals surface area contributed by atoms with Crippen molar-refractivity contribution in [1.29, 1.82) is 0 Å². The summed E-state index contributed by atoms with van der Waals surface area (Å²) in [4.78, 5) is 4.71. The van der Waals surface area contributed by atoms with E-state index in [1.807, 2.05) is 79.2 Å². The van der Waals surface area contributed by atoms with E-state index in [1.54, 1.807) is 0 Å². The van der Waals surface area contributed by atoms with Gasteiger partial charge in [-0.3, -0.25) is 0 Å². The van der Waals surface area contributed by atoms with Gasteiger partial charge in [-0.15, -0.1) is 0 Å². The lowest BCUT2D eigenvalue weighted by Crippen LogP contribution is -2.07. The molecule has 4 nitrogen and oxygen atoms in total. The largest absolute Gasteiger partial charge is 0.344 e. The van der Waals surface area contributed by atoms with E-state index in [-0.39, 0.29) is 0 Å². The molecule has 0 unspecified atom stereocenters. The Hall–Kier alpha value is -2.40. The van der Waals surface area contributed by atoms with Crippen molar-refractivity contribution in [2.45, 2.75) is 13.8 Å². The lowest BCUT2D eigenvalue weighted by atomic mass is 10.3. The van der Waals surface area contributed by atoms with E-state index in [9.17, 15) is 0 Å². The van der Waals surface area contributed by atoms with Gasteiger partial charge in [0, 0.05) is 5.69 Å². The highest BCUT2D eigenvalue weighted by Gasteiger charge is 2.14. The Bertz CT molecular complexity index is 823. The van der Waals surface area contributed by atoms with Crippen molar-refractivity contribution in [3.05, 3.63) is 70.8 Å². The van der Waals surface area contributed by atoms with Crippen molar-refractivity contribution in [3.8, 4) is 5.69 Å². The van der Waals surface area contributed by atoms with Gasteiger partial charge in [0.05, 0.1) is 15.9 Å². The Morgan fingerprint density at radius 1 is 1.04 bits per heavy atom. The number of benzene rings is 2. The summed E-state index contributed by atoms with van der Waals surface area (Å²) in [6.07, 6.45) is 0. The molecule has 0 bridgehead atoms. The monoisotopic (exact) mass is 368 g/mol. The first-order chi connectivity index (χ1) is 11.1. The summed E-state index contributed by atoms with van der Waals surface area (Å²) in [5.74, 6) is 1.57. The number of hydrogen-bond acceptors (Lipinski definition) is 2. The zero-order chi connectivity index (χ0) is 16.2. The number of anilines is 1. The molecule has 1 aromatic heterocycles. The van der Waals surface area contributed by atoms with Gasteiger partial charge >= 0.3 is 0 Å². The van der Waals surface area contributed by atoms with Crippen LogP contribution in [-0.4, -0.2) is 15.6 Å². The molecule has 3 rings (SSSR count). The molecule has 1 heterocycles. The number of aromatic nitrogens is 2. The fourth-order valence-electron chi connectivity index (χ4n) is 2.26. The molecule has 0 fully saturated rings. The van der Waals surface area contributed by atoms with Crippen LogP contribution in [0.25, 0.3) is 5.69 Å². The molecule has 23 heavy (non-hydrogen) atoms. The maximum atomic E-state index is 4.71. The number of halogens is 1. The summed E-state index contributed by atoms with van der Waals surface area (Å²) in [7, 11) is 0. The van der Waals surface area contributed by atoms with Crippen LogP contribution in [0.1, 0.15) is 12.6 Å². The summed E-state index contributed by atoms with van der Waals surface area (Å²) in [5.41, 5.74) is 2.89. The molecule has 0 radical (unpaired) electrons. The summed E-state index contributed by atoms with van der Waals surface area (Å²) in [5, 5.41) is 7.87.